The average molecular weight is 439 g/mol. The maximum Gasteiger partial charge on any atom is 0.266 e. The van der Waals surface area contributed by atoms with Crippen molar-refractivity contribution in [3.63, 3.8) is 0 Å². The predicted octanol–water partition coefficient (Wildman–Crippen LogP) is 4.29. The van der Waals surface area contributed by atoms with E-state index in [9.17, 15) is 14.4 Å². The van der Waals surface area contributed by atoms with Crippen molar-refractivity contribution >= 4 is 29.3 Å². The van der Waals surface area contributed by atoms with Crippen molar-refractivity contribution in [2.45, 2.75) is 6.92 Å². The summed E-state index contributed by atoms with van der Waals surface area (Å²) in [5.74, 6) is 0.123. The van der Waals surface area contributed by atoms with Crippen LogP contribution in [-0.2, 0) is 4.79 Å². The molecule has 1 amide bonds. The number of amides is 1. The topological polar surface area (TPSA) is 89.2 Å². The van der Waals surface area contributed by atoms with E-state index in [0.717, 1.165) is 0 Å². The number of nitrogens with one attached hydrogen (secondary N) is 1. The Morgan fingerprint density at radius 2 is 1.94 bits per heavy atom. The first-order valence-corrected chi connectivity index (χ1v) is 9.68. The second-order valence-electron chi connectivity index (χ2n) is 6.66. The van der Waals surface area contributed by atoms with Gasteiger partial charge >= 0.3 is 0 Å². The summed E-state index contributed by atoms with van der Waals surface area (Å²) in [4.78, 5) is 12.7. The maximum absolute atomic E-state index is 13.2. The van der Waals surface area contributed by atoms with E-state index in [0.29, 0.717) is 47.3 Å². The molecule has 1 aromatic heterocycles. The number of anilines is 1. The molecule has 9 heteroatoms. The molecule has 1 aliphatic rings. The molecule has 31 heavy (non-hydrogen) atoms. The summed E-state index contributed by atoms with van der Waals surface area (Å²) in [6.45, 7) is 2.58. The molecule has 0 fully saturated rings. The molecule has 156 valence electrons. The Balaban J connectivity index is 1.60. The largest absolute Gasteiger partial charge is 0.486 e. The van der Waals surface area contributed by atoms with E-state index >= 15 is 0 Å². The van der Waals surface area contributed by atoms with Gasteiger partial charge in [0.1, 0.15) is 35.8 Å². The summed E-state index contributed by atoms with van der Waals surface area (Å²) in [5, 5.41) is 16.7. The van der Waals surface area contributed by atoms with Gasteiger partial charge in [-0.1, -0.05) is 11.6 Å². The van der Waals surface area contributed by atoms with Crippen LogP contribution >= 0.6 is 11.6 Å². The summed E-state index contributed by atoms with van der Waals surface area (Å²) >= 11 is 6.44. The van der Waals surface area contributed by atoms with Gasteiger partial charge in [0, 0.05) is 17.3 Å². The van der Waals surface area contributed by atoms with E-state index < -0.39 is 5.91 Å². The number of benzene rings is 2. The number of hydrogen-bond acceptors (Lipinski definition) is 5. The minimum absolute atomic E-state index is 0.154. The molecule has 0 saturated heterocycles. The third kappa shape index (κ3) is 4.22. The van der Waals surface area contributed by atoms with Crippen LogP contribution in [0.3, 0.4) is 0 Å². The van der Waals surface area contributed by atoms with E-state index in [1.54, 1.807) is 25.1 Å². The van der Waals surface area contributed by atoms with E-state index in [4.69, 9.17) is 21.1 Å². The number of rotatable bonds is 4. The summed E-state index contributed by atoms with van der Waals surface area (Å²) in [7, 11) is 0. The second-order valence-corrected chi connectivity index (χ2v) is 7.02. The van der Waals surface area contributed by atoms with Crippen LogP contribution in [0.25, 0.3) is 11.8 Å². The highest BCUT2D eigenvalue weighted by Crippen LogP contribution is 2.33. The smallest absolute Gasteiger partial charge is 0.266 e. The Hall–Kier alpha value is -3.83. The number of aromatic nitrogens is 2. The lowest BCUT2D eigenvalue weighted by molar-refractivity contribution is -0.112. The standard InChI is InChI=1S/C22H16ClFN4O3/c1-13-18(21(23)28(27-13)17-5-2-15(24)3-6-17)10-14(12-25)22(29)26-16-4-7-19-20(11-16)31-9-8-30-19/h2-7,10-11H,8-9H2,1H3,(H,26,29)/b14-10+. The summed E-state index contributed by atoms with van der Waals surface area (Å²) in [5.41, 5.74) is 1.78. The van der Waals surface area contributed by atoms with Gasteiger partial charge in [0.2, 0.25) is 0 Å². The Labute approximate surface area is 182 Å². The molecule has 0 aliphatic carbocycles. The lowest BCUT2D eigenvalue weighted by Crippen LogP contribution is -2.17. The molecule has 0 bridgehead atoms. The molecule has 0 unspecified atom stereocenters. The molecule has 7 nitrogen and oxygen atoms in total. The average Bonchev–Trinajstić information content (AvgIpc) is 3.05. The lowest BCUT2D eigenvalue weighted by Gasteiger charge is -2.18. The number of carbonyl (C=O) groups excluding carboxylic acids is 1. The molecule has 0 radical (unpaired) electrons. The van der Waals surface area contributed by atoms with Crippen LogP contribution in [0.2, 0.25) is 5.15 Å². The first-order chi connectivity index (χ1) is 15.0. The zero-order valence-corrected chi connectivity index (χ0v) is 17.1. The number of fused-ring (bicyclic) bond motifs is 1. The van der Waals surface area contributed by atoms with Crippen LogP contribution < -0.4 is 14.8 Å². The van der Waals surface area contributed by atoms with Gasteiger partial charge in [0.15, 0.2) is 11.5 Å². The van der Waals surface area contributed by atoms with E-state index in [1.165, 1.54) is 35.0 Å². The van der Waals surface area contributed by atoms with Crippen molar-refractivity contribution in [1.82, 2.24) is 9.78 Å². The van der Waals surface area contributed by atoms with Gasteiger partial charge in [-0.25, -0.2) is 9.07 Å². The molecule has 2 heterocycles. The van der Waals surface area contributed by atoms with Crippen LogP contribution in [0.5, 0.6) is 11.5 Å². The van der Waals surface area contributed by atoms with Gasteiger partial charge in [-0.3, -0.25) is 4.79 Å². The normalized spacial score (nSPS) is 12.9. The van der Waals surface area contributed by atoms with Gasteiger partial charge in [-0.05, 0) is 49.4 Å². The van der Waals surface area contributed by atoms with Crippen molar-refractivity contribution in [3.05, 3.63) is 70.3 Å². The molecule has 1 aliphatic heterocycles. The SMILES string of the molecule is Cc1nn(-c2ccc(F)cc2)c(Cl)c1/C=C(\C#N)C(=O)Nc1ccc2c(c1)OCCO2. The van der Waals surface area contributed by atoms with Crippen LogP contribution in [0, 0.1) is 24.1 Å². The fourth-order valence-electron chi connectivity index (χ4n) is 3.04. The van der Waals surface area contributed by atoms with Crippen molar-refractivity contribution in [2.24, 2.45) is 0 Å². The third-order valence-corrected chi connectivity index (χ3v) is 4.94. The molecule has 4 rings (SSSR count). The summed E-state index contributed by atoms with van der Waals surface area (Å²) in [6.07, 6.45) is 1.37. The molecule has 3 aromatic rings. The van der Waals surface area contributed by atoms with Gasteiger partial charge in [0.25, 0.3) is 5.91 Å². The van der Waals surface area contributed by atoms with Gasteiger partial charge in [-0.2, -0.15) is 10.4 Å². The van der Waals surface area contributed by atoms with Crippen molar-refractivity contribution in [1.29, 1.82) is 5.26 Å². The van der Waals surface area contributed by atoms with Gasteiger partial charge in [0.05, 0.1) is 11.4 Å². The summed E-state index contributed by atoms with van der Waals surface area (Å²) < 4.78 is 25.6. The Morgan fingerprint density at radius 3 is 2.65 bits per heavy atom. The number of halogens is 2. The quantitative estimate of drug-likeness (QED) is 0.485. The van der Waals surface area contributed by atoms with Crippen LogP contribution in [0.1, 0.15) is 11.3 Å². The van der Waals surface area contributed by atoms with Gasteiger partial charge in [-0.15, -0.1) is 0 Å². The lowest BCUT2D eigenvalue weighted by atomic mass is 10.1. The van der Waals surface area contributed by atoms with Crippen molar-refractivity contribution in [3.8, 4) is 23.3 Å². The first-order valence-electron chi connectivity index (χ1n) is 9.30. The van der Waals surface area contributed by atoms with Crippen LogP contribution in [-0.4, -0.2) is 28.9 Å². The first kappa shape index (κ1) is 20.4. The minimum atomic E-state index is -0.607. The Bertz CT molecular complexity index is 1230. The second kappa shape index (κ2) is 8.50. The zero-order valence-electron chi connectivity index (χ0n) is 16.4. The van der Waals surface area contributed by atoms with E-state index in [-0.39, 0.29) is 16.5 Å². The predicted molar refractivity (Wildman–Crippen MR) is 113 cm³/mol. The molecule has 0 atom stereocenters. The van der Waals surface area contributed by atoms with E-state index in [2.05, 4.69) is 10.4 Å². The molecular weight excluding hydrogens is 423 g/mol. The highest BCUT2D eigenvalue weighted by atomic mass is 35.5. The number of hydrogen-bond donors (Lipinski definition) is 1. The Kier molecular flexibility index (Phi) is 5.60. The summed E-state index contributed by atoms with van der Waals surface area (Å²) in [6, 6.07) is 12.5. The molecule has 2 aromatic carbocycles. The van der Waals surface area contributed by atoms with Crippen molar-refractivity contribution < 1.29 is 18.7 Å². The molecule has 0 spiro atoms. The van der Waals surface area contributed by atoms with Crippen LogP contribution in [0.15, 0.2) is 48.0 Å². The maximum atomic E-state index is 13.2. The Morgan fingerprint density at radius 1 is 1.23 bits per heavy atom. The molecule has 0 saturated carbocycles. The molecular formula is C22H16ClFN4O3. The number of nitriles is 1. The highest BCUT2D eigenvalue weighted by molar-refractivity contribution is 6.31. The minimum Gasteiger partial charge on any atom is -0.486 e. The van der Waals surface area contributed by atoms with E-state index in [1.807, 2.05) is 6.07 Å². The monoisotopic (exact) mass is 438 g/mol. The molecule has 1 N–H and O–H groups in total. The third-order valence-electron chi connectivity index (χ3n) is 4.57. The number of ether oxygens (including phenoxy) is 2. The fourth-order valence-corrected chi connectivity index (χ4v) is 3.37. The number of aryl methyl sites for hydroxylation is 1. The van der Waals surface area contributed by atoms with Gasteiger partial charge < -0.3 is 14.8 Å². The number of nitrogens with zero attached hydrogens (tertiary/aromatic N) is 3. The highest BCUT2D eigenvalue weighted by Gasteiger charge is 2.18. The number of carbonyl (C=O) groups is 1. The fraction of sp³-hybridized carbons (Fsp3) is 0.136. The van der Waals surface area contributed by atoms with Crippen LogP contribution in [0.4, 0.5) is 10.1 Å². The zero-order chi connectivity index (χ0) is 22.0. The van der Waals surface area contributed by atoms with Crippen molar-refractivity contribution in [2.75, 3.05) is 18.5 Å².